The van der Waals surface area contributed by atoms with Crippen molar-refractivity contribution in [1.82, 2.24) is 14.7 Å². The molecule has 3 aromatic rings. The molecule has 0 atom stereocenters. The summed E-state index contributed by atoms with van der Waals surface area (Å²) in [5.41, 5.74) is 3.54. The quantitative estimate of drug-likeness (QED) is 0.744. The van der Waals surface area contributed by atoms with Gasteiger partial charge in [0.15, 0.2) is 0 Å². The van der Waals surface area contributed by atoms with Gasteiger partial charge in [-0.15, -0.1) is 0 Å². The number of nitrogens with zero attached hydrogens (tertiary/aromatic N) is 1. The maximum Gasteiger partial charge on any atom is 0.244 e. The number of fused-ring (bicyclic) bond motifs is 1. The lowest BCUT2D eigenvalue weighted by Gasteiger charge is -2.12. The van der Waals surface area contributed by atoms with Crippen LogP contribution in [0.25, 0.3) is 11.0 Å². The number of aromatic amines is 1. The number of aryl methyl sites for hydroxylation is 2. The number of hydrogen-bond donors (Lipinski definition) is 2. The zero-order valence-corrected chi connectivity index (χ0v) is 14.6. The normalized spacial score (nSPS) is 11.8. The first-order valence-corrected chi connectivity index (χ1v) is 8.97. The molecule has 0 aliphatic carbocycles. The van der Waals surface area contributed by atoms with Crippen molar-refractivity contribution in [3.63, 3.8) is 0 Å². The minimum Gasteiger partial charge on any atom is -0.495 e. The first-order valence-electron chi connectivity index (χ1n) is 7.49. The fourth-order valence-corrected chi connectivity index (χ4v) is 3.68. The molecule has 1 heterocycles. The second-order valence-electron chi connectivity index (χ2n) is 5.61. The Labute approximate surface area is 140 Å². The summed E-state index contributed by atoms with van der Waals surface area (Å²) in [5.74, 6) is 0.887. The third-order valence-corrected chi connectivity index (χ3v) is 5.36. The van der Waals surface area contributed by atoms with Crippen LogP contribution < -0.4 is 9.46 Å². The van der Waals surface area contributed by atoms with Crippen LogP contribution in [0, 0.1) is 13.8 Å². The van der Waals surface area contributed by atoms with Gasteiger partial charge in [-0.1, -0.05) is 12.1 Å². The van der Waals surface area contributed by atoms with E-state index in [0.29, 0.717) is 11.6 Å². The van der Waals surface area contributed by atoms with Crippen LogP contribution in [-0.2, 0) is 16.6 Å². The summed E-state index contributed by atoms with van der Waals surface area (Å²) in [6.07, 6.45) is 0. The highest BCUT2D eigenvalue weighted by Gasteiger charge is 2.21. The summed E-state index contributed by atoms with van der Waals surface area (Å²) in [6, 6.07) is 10.9. The van der Waals surface area contributed by atoms with Crippen LogP contribution in [0.3, 0.4) is 0 Å². The zero-order chi connectivity index (χ0) is 17.3. The Morgan fingerprint density at radius 1 is 1.17 bits per heavy atom. The van der Waals surface area contributed by atoms with Crippen LogP contribution in [-0.4, -0.2) is 25.5 Å². The summed E-state index contributed by atoms with van der Waals surface area (Å²) < 4.78 is 33.1. The molecule has 126 valence electrons. The molecule has 0 aliphatic rings. The molecular formula is C17H19N3O3S. The Kier molecular flexibility index (Phi) is 4.29. The van der Waals surface area contributed by atoms with E-state index in [1.54, 1.807) is 12.1 Å². The van der Waals surface area contributed by atoms with Crippen molar-refractivity contribution in [1.29, 1.82) is 0 Å². The maximum absolute atomic E-state index is 12.6. The number of hydrogen-bond acceptors (Lipinski definition) is 4. The van der Waals surface area contributed by atoms with Gasteiger partial charge in [0, 0.05) is 0 Å². The Bertz CT molecular complexity index is 960. The van der Waals surface area contributed by atoms with E-state index >= 15 is 0 Å². The highest BCUT2D eigenvalue weighted by Crippen LogP contribution is 2.27. The van der Waals surface area contributed by atoms with Crippen molar-refractivity contribution in [3.8, 4) is 5.75 Å². The van der Waals surface area contributed by atoms with Gasteiger partial charge in [-0.2, -0.15) is 0 Å². The molecular weight excluding hydrogens is 326 g/mol. The lowest BCUT2D eigenvalue weighted by Crippen LogP contribution is -2.24. The number of aromatic nitrogens is 2. The molecule has 0 aliphatic heterocycles. The molecule has 1 aromatic heterocycles. The second-order valence-corrected chi connectivity index (χ2v) is 7.35. The Morgan fingerprint density at radius 2 is 1.88 bits per heavy atom. The lowest BCUT2D eigenvalue weighted by molar-refractivity contribution is 0.401. The van der Waals surface area contributed by atoms with Crippen LogP contribution in [0.4, 0.5) is 0 Å². The van der Waals surface area contributed by atoms with Gasteiger partial charge < -0.3 is 9.72 Å². The van der Waals surface area contributed by atoms with Crippen molar-refractivity contribution in [2.75, 3.05) is 7.11 Å². The van der Waals surface area contributed by atoms with E-state index in [2.05, 4.69) is 14.7 Å². The van der Waals surface area contributed by atoms with Crippen LogP contribution in [0.5, 0.6) is 5.75 Å². The largest absolute Gasteiger partial charge is 0.495 e. The molecule has 0 saturated carbocycles. The van der Waals surface area contributed by atoms with Gasteiger partial charge in [0.25, 0.3) is 0 Å². The number of ether oxygens (including phenoxy) is 1. The fraction of sp³-hybridized carbons (Fsp3) is 0.235. The van der Waals surface area contributed by atoms with Gasteiger partial charge in [0.1, 0.15) is 16.5 Å². The first kappa shape index (κ1) is 16.5. The SMILES string of the molecule is COc1cc(C)c(C)cc1S(=O)(=O)NCc1nc2ccccc2[nH]1. The van der Waals surface area contributed by atoms with Crippen molar-refractivity contribution in [2.24, 2.45) is 0 Å². The monoisotopic (exact) mass is 345 g/mol. The van der Waals surface area contributed by atoms with E-state index in [1.165, 1.54) is 7.11 Å². The summed E-state index contributed by atoms with van der Waals surface area (Å²) in [6.45, 7) is 3.86. The highest BCUT2D eigenvalue weighted by atomic mass is 32.2. The van der Waals surface area contributed by atoms with Gasteiger partial charge in [-0.25, -0.2) is 18.1 Å². The number of H-pyrrole nitrogens is 1. The minimum atomic E-state index is -3.71. The topological polar surface area (TPSA) is 84.1 Å². The fourth-order valence-electron chi connectivity index (χ4n) is 2.46. The van der Waals surface area contributed by atoms with Crippen molar-refractivity contribution in [2.45, 2.75) is 25.3 Å². The van der Waals surface area contributed by atoms with Gasteiger partial charge in [0.05, 0.1) is 24.7 Å². The van der Waals surface area contributed by atoms with E-state index in [9.17, 15) is 8.42 Å². The average Bonchev–Trinajstić information content (AvgIpc) is 2.98. The van der Waals surface area contributed by atoms with E-state index in [0.717, 1.165) is 22.2 Å². The molecule has 7 heteroatoms. The summed E-state index contributed by atoms with van der Waals surface area (Å²) >= 11 is 0. The molecule has 2 N–H and O–H groups in total. The van der Waals surface area contributed by atoms with Crippen LogP contribution >= 0.6 is 0 Å². The lowest BCUT2D eigenvalue weighted by atomic mass is 10.1. The highest BCUT2D eigenvalue weighted by molar-refractivity contribution is 7.89. The number of sulfonamides is 1. The first-order chi connectivity index (χ1) is 11.4. The number of methoxy groups -OCH3 is 1. The van der Waals surface area contributed by atoms with Gasteiger partial charge in [-0.05, 0) is 49.2 Å². The Balaban J connectivity index is 1.87. The standard InChI is InChI=1S/C17H19N3O3S/c1-11-8-15(23-3)16(9-12(11)2)24(21,22)18-10-17-19-13-6-4-5-7-14(13)20-17/h4-9,18H,10H2,1-3H3,(H,19,20). The number of imidazole rings is 1. The van der Waals surface area contributed by atoms with Crippen molar-refractivity contribution < 1.29 is 13.2 Å². The average molecular weight is 345 g/mol. The van der Waals surface area contributed by atoms with Gasteiger partial charge >= 0.3 is 0 Å². The van der Waals surface area contributed by atoms with E-state index < -0.39 is 10.0 Å². The summed E-state index contributed by atoms with van der Waals surface area (Å²) in [7, 11) is -2.25. The second kappa shape index (κ2) is 6.26. The zero-order valence-electron chi connectivity index (χ0n) is 13.8. The molecule has 0 saturated heterocycles. The van der Waals surface area contributed by atoms with Crippen LogP contribution in [0.2, 0.25) is 0 Å². The maximum atomic E-state index is 12.6. The molecule has 0 amide bonds. The number of benzene rings is 2. The van der Waals surface area contributed by atoms with E-state index in [4.69, 9.17) is 4.74 Å². The Hall–Kier alpha value is -2.38. The molecule has 6 nitrogen and oxygen atoms in total. The predicted octanol–water partition coefficient (Wildman–Crippen LogP) is 2.67. The molecule has 0 fully saturated rings. The van der Waals surface area contributed by atoms with Gasteiger partial charge in [0.2, 0.25) is 10.0 Å². The van der Waals surface area contributed by atoms with Crippen LogP contribution in [0.15, 0.2) is 41.3 Å². The summed E-state index contributed by atoms with van der Waals surface area (Å²) in [4.78, 5) is 7.60. The predicted molar refractivity (Wildman–Crippen MR) is 92.6 cm³/mol. The molecule has 3 rings (SSSR count). The number of nitrogens with one attached hydrogen (secondary N) is 2. The van der Waals surface area contributed by atoms with E-state index in [1.807, 2.05) is 38.1 Å². The molecule has 24 heavy (non-hydrogen) atoms. The molecule has 0 bridgehead atoms. The number of para-hydroxylation sites is 2. The third-order valence-electron chi connectivity index (χ3n) is 3.94. The number of rotatable bonds is 5. The molecule has 0 spiro atoms. The molecule has 0 unspecified atom stereocenters. The summed E-state index contributed by atoms with van der Waals surface area (Å²) in [5, 5.41) is 0. The van der Waals surface area contributed by atoms with Crippen molar-refractivity contribution in [3.05, 3.63) is 53.3 Å². The van der Waals surface area contributed by atoms with Crippen molar-refractivity contribution >= 4 is 21.1 Å². The molecule has 0 radical (unpaired) electrons. The van der Waals surface area contributed by atoms with E-state index in [-0.39, 0.29) is 11.4 Å². The smallest absolute Gasteiger partial charge is 0.244 e. The van der Waals surface area contributed by atoms with Gasteiger partial charge in [-0.3, -0.25) is 0 Å². The third kappa shape index (κ3) is 3.13. The molecule has 2 aromatic carbocycles. The van der Waals surface area contributed by atoms with Crippen LogP contribution in [0.1, 0.15) is 17.0 Å². The minimum absolute atomic E-state index is 0.0765. The Morgan fingerprint density at radius 3 is 2.58 bits per heavy atom.